The van der Waals surface area contributed by atoms with Crippen molar-refractivity contribution in [3.8, 4) is 0 Å². The molecule has 1 rings (SSSR count). The lowest BCUT2D eigenvalue weighted by Crippen LogP contribution is -1.82. The van der Waals surface area contributed by atoms with Crippen LogP contribution in [-0.4, -0.2) is 0 Å². The molecule has 0 aromatic carbocycles. The molecular formula is C10H12BrI. The topological polar surface area (TPSA) is 0 Å². The van der Waals surface area contributed by atoms with Crippen LogP contribution in [0, 0.1) is 5.92 Å². The second-order valence-corrected chi connectivity index (χ2v) is 5.68. The Bertz CT molecular complexity index is 243. The molecule has 0 atom stereocenters. The van der Waals surface area contributed by atoms with Crippen LogP contribution in [0.25, 0.3) is 0 Å². The summed E-state index contributed by atoms with van der Waals surface area (Å²) in [5.74, 6) is 0.824. The molecule has 0 N–H and O–H groups in total. The lowest BCUT2D eigenvalue weighted by Gasteiger charge is -1.99. The number of halogens is 2. The third kappa shape index (κ3) is 3.44. The van der Waals surface area contributed by atoms with Gasteiger partial charge < -0.3 is 0 Å². The Labute approximate surface area is 96.1 Å². The first-order valence-corrected chi connectivity index (χ1v) is 5.87. The van der Waals surface area contributed by atoms with Crippen molar-refractivity contribution in [3.05, 3.63) is 32.4 Å². The second-order valence-electron chi connectivity index (χ2n) is 3.04. The van der Waals surface area contributed by atoms with E-state index in [4.69, 9.17) is 0 Å². The van der Waals surface area contributed by atoms with Gasteiger partial charge >= 0.3 is 0 Å². The maximum Gasteiger partial charge on any atom is 0.0103 e. The predicted octanol–water partition coefficient (Wildman–Crippen LogP) is 4.57. The molecule has 0 aromatic rings. The maximum atomic E-state index is 3.77. The van der Waals surface area contributed by atoms with Crippen molar-refractivity contribution in [2.45, 2.75) is 19.8 Å². The van der Waals surface area contributed by atoms with E-state index in [9.17, 15) is 0 Å². The minimum atomic E-state index is 0.824. The van der Waals surface area contributed by atoms with Crippen LogP contribution in [0.15, 0.2) is 32.4 Å². The summed E-state index contributed by atoms with van der Waals surface area (Å²) in [5.41, 5.74) is 1.48. The molecule has 0 unspecified atom stereocenters. The van der Waals surface area contributed by atoms with Crippen LogP contribution in [0.3, 0.4) is 0 Å². The monoisotopic (exact) mass is 338 g/mol. The minimum Gasteiger partial charge on any atom is -0.0847 e. The summed E-state index contributed by atoms with van der Waals surface area (Å²) in [6.45, 7) is 5.93. The van der Waals surface area contributed by atoms with Crippen LogP contribution in [0.5, 0.6) is 0 Å². The molecule has 1 aliphatic carbocycles. The fourth-order valence-electron chi connectivity index (χ4n) is 1.11. The lowest BCUT2D eigenvalue weighted by molar-refractivity contribution is 1.04. The van der Waals surface area contributed by atoms with Gasteiger partial charge in [0.2, 0.25) is 0 Å². The van der Waals surface area contributed by atoms with Crippen molar-refractivity contribution in [3.63, 3.8) is 0 Å². The molecule has 0 radical (unpaired) electrons. The summed E-state index contributed by atoms with van der Waals surface area (Å²) in [4.78, 5) is 0. The van der Waals surface area contributed by atoms with E-state index in [1.54, 1.807) is 0 Å². The van der Waals surface area contributed by atoms with Gasteiger partial charge in [0.05, 0.1) is 0 Å². The largest absolute Gasteiger partial charge is 0.0847 e. The SMILES string of the molecule is C=C(Br)/C=C\C(=C(/C)I)C1CC1. The minimum absolute atomic E-state index is 0.824. The standard InChI is InChI=1S/C10H12BrI/c1-7(11)3-6-10(8(2)12)9-4-5-9/h3,6,9H,1,4-5H2,2H3/b6-3-,10-8-. The van der Waals surface area contributed by atoms with E-state index in [1.165, 1.54) is 22.0 Å². The molecule has 0 amide bonds. The van der Waals surface area contributed by atoms with Gasteiger partial charge in [0.1, 0.15) is 0 Å². The van der Waals surface area contributed by atoms with Crippen LogP contribution in [0.2, 0.25) is 0 Å². The molecule has 0 aromatic heterocycles. The molecule has 66 valence electrons. The average Bonchev–Trinajstić information content (AvgIpc) is 2.69. The zero-order valence-electron chi connectivity index (χ0n) is 7.11. The molecular weight excluding hydrogens is 327 g/mol. The normalized spacial score (nSPS) is 19.6. The van der Waals surface area contributed by atoms with Crippen molar-refractivity contribution >= 4 is 38.5 Å². The molecule has 2 heteroatoms. The van der Waals surface area contributed by atoms with Gasteiger partial charge in [-0.25, -0.2) is 0 Å². The molecule has 0 saturated heterocycles. The van der Waals surface area contributed by atoms with Crippen LogP contribution in [-0.2, 0) is 0 Å². The van der Waals surface area contributed by atoms with Crippen LogP contribution in [0.4, 0.5) is 0 Å². The van der Waals surface area contributed by atoms with Crippen molar-refractivity contribution in [2.24, 2.45) is 5.92 Å². The highest BCUT2D eigenvalue weighted by Crippen LogP contribution is 2.40. The first kappa shape index (κ1) is 10.5. The van der Waals surface area contributed by atoms with Gasteiger partial charge in [-0.3, -0.25) is 0 Å². The molecule has 0 bridgehead atoms. The Morgan fingerprint density at radius 1 is 1.50 bits per heavy atom. The van der Waals surface area contributed by atoms with E-state index in [1.807, 2.05) is 6.08 Å². The molecule has 0 nitrogen and oxygen atoms in total. The van der Waals surface area contributed by atoms with Gasteiger partial charge in [-0.15, -0.1) is 0 Å². The molecule has 0 aliphatic heterocycles. The van der Waals surface area contributed by atoms with E-state index in [0.29, 0.717) is 0 Å². The maximum absolute atomic E-state index is 3.77. The Balaban J connectivity index is 2.68. The zero-order valence-corrected chi connectivity index (χ0v) is 10.9. The summed E-state index contributed by atoms with van der Waals surface area (Å²) >= 11 is 5.71. The third-order valence-electron chi connectivity index (χ3n) is 1.86. The molecule has 1 fully saturated rings. The van der Waals surface area contributed by atoms with Gasteiger partial charge in [0.15, 0.2) is 0 Å². The number of hydrogen-bond acceptors (Lipinski definition) is 0. The summed E-state index contributed by atoms with van der Waals surface area (Å²) < 4.78 is 2.35. The van der Waals surface area contributed by atoms with Gasteiger partial charge in [-0.1, -0.05) is 28.6 Å². The average molecular weight is 339 g/mol. The lowest BCUT2D eigenvalue weighted by atomic mass is 10.1. The molecule has 0 spiro atoms. The van der Waals surface area contributed by atoms with Gasteiger partial charge in [0, 0.05) is 4.48 Å². The Morgan fingerprint density at radius 3 is 2.42 bits per heavy atom. The van der Waals surface area contributed by atoms with E-state index in [2.05, 4.69) is 58.1 Å². The molecule has 1 aliphatic rings. The zero-order chi connectivity index (χ0) is 9.14. The highest BCUT2D eigenvalue weighted by Gasteiger charge is 2.25. The van der Waals surface area contributed by atoms with Crippen LogP contribution in [0.1, 0.15) is 19.8 Å². The van der Waals surface area contributed by atoms with E-state index in [0.717, 1.165) is 10.4 Å². The third-order valence-corrected chi connectivity index (χ3v) is 2.75. The van der Waals surface area contributed by atoms with E-state index >= 15 is 0 Å². The number of hydrogen-bond donors (Lipinski definition) is 0. The Morgan fingerprint density at radius 2 is 2.08 bits per heavy atom. The molecule has 12 heavy (non-hydrogen) atoms. The predicted molar refractivity (Wildman–Crippen MR) is 66.7 cm³/mol. The fraction of sp³-hybridized carbons (Fsp3) is 0.400. The summed E-state index contributed by atoms with van der Waals surface area (Å²) in [6, 6.07) is 0. The summed E-state index contributed by atoms with van der Waals surface area (Å²) in [5, 5.41) is 0. The van der Waals surface area contributed by atoms with Crippen molar-refractivity contribution in [2.75, 3.05) is 0 Å². The Hall–Kier alpha value is 0.430. The van der Waals surface area contributed by atoms with Gasteiger partial charge in [-0.2, -0.15) is 0 Å². The van der Waals surface area contributed by atoms with Gasteiger partial charge in [-0.05, 0) is 63.5 Å². The van der Waals surface area contributed by atoms with Crippen LogP contribution >= 0.6 is 38.5 Å². The summed E-state index contributed by atoms with van der Waals surface area (Å²) in [6.07, 6.45) is 6.91. The first-order chi connectivity index (χ1) is 5.61. The fourth-order valence-corrected chi connectivity index (χ4v) is 1.86. The first-order valence-electron chi connectivity index (χ1n) is 4.00. The smallest absolute Gasteiger partial charge is 0.0103 e. The second kappa shape index (κ2) is 4.61. The highest BCUT2D eigenvalue weighted by molar-refractivity contribution is 14.1. The van der Waals surface area contributed by atoms with E-state index < -0.39 is 0 Å². The quantitative estimate of drug-likeness (QED) is 0.522. The highest BCUT2D eigenvalue weighted by atomic mass is 127. The molecule has 1 saturated carbocycles. The number of rotatable bonds is 3. The van der Waals surface area contributed by atoms with Crippen molar-refractivity contribution in [1.82, 2.24) is 0 Å². The number of allylic oxidation sites excluding steroid dienone is 5. The van der Waals surface area contributed by atoms with E-state index in [-0.39, 0.29) is 0 Å². The summed E-state index contributed by atoms with van der Waals surface area (Å²) in [7, 11) is 0. The molecule has 0 heterocycles. The van der Waals surface area contributed by atoms with Crippen LogP contribution < -0.4 is 0 Å². The van der Waals surface area contributed by atoms with Crippen molar-refractivity contribution in [1.29, 1.82) is 0 Å². The Kier molecular flexibility index (Phi) is 4.03. The van der Waals surface area contributed by atoms with Gasteiger partial charge in [0.25, 0.3) is 0 Å². The van der Waals surface area contributed by atoms with Crippen molar-refractivity contribution < 1.29 is 0 Å².